The fraction of sp³-hybridized carbons (Fsp3) is 0.826. The number of hydrogen-bond donors (Lipinski definition) is 1. The van der Waals surface area contributed by atoms with Gasteiger partial charge in [-0.15, -0.1) is 0 Å². The lowest BCUT2D eigenvalue weighted by Crippen LogP contribution is -2.47. The van der Waals surface area contributed by atoms with E-state index < -0.39 is 10.0 Å². The van der Waals surface area contributed by atoms with Gasteiger partial charge in [-0.25, -0.2) is 8.42 Å². The molecule has 0 spiro atoms. The highest BCUT2D eigenvalue weighted by Gasteiger charge is 2.35. The number of aromatic nitrogens is 2. The molecule has 0 bridgehead atoms. The minimum absolute atomic E-state index is 0.0277. The van der Waals surface area contributed by atoms with Gasteiger partial charge in [0, 0.05) is 26.2 Å². The third-order valence-electron chi connectivity index (χ3n) is 7.01. The molecule has 1 unspecified atom stereocenters. The van der Waals surface area contributed by atoms with Crippen molar-refractivity contribution in [3.63, 3.8) is 0 Å². The van der Waals surface area contributed by atoms with Gasteiger partial charge in [-0.3, -0.25) is 9.48 Å². The molecule has 1 atom stereocenters. The van der Waals surface area contributed by atoms with Gasteiger partial charge in [0.2, 0.25) is 15.9 Å². The van der Waals surface area contributed by atoms with E-state index in [1.54, 1.807) is 18.7 Å². The molecule has 7 nitrogen and oxygen atoms in total. The molecule has 2 aliphatic rings. The Balaban J connectivity index is 1.59. The molecule has 1 N–H and O–H groups in total. The topological polar surface area (TPSA) is 84.3 Å². The van der Waals surface area contributed by atoms with Gasteiger partial charge < -0.3 is 5.32 Å². The number of rotatable bonds is 4. The normalized spacial score (nSPS) is 23.6. The Morgan fingerprint density at radius 3 is 2.10 bits per heavy atom. The Labute approximate surface area is 188 Å². The molecule has 1 amide bonds. The van der Waals surface area contributed by atoms with Crippen molar-refractivity contribution in [3.05, 3.63) is 11.9 Å². The van der Waals surface area contributed by atoms with E-state index in [0.717, 1.165) is 32.1 Å². The molecule has 1 aliphatic heterocycles. The van der Waals surface area contributed by atoms with Crippen molar-refractivity contribution >= 4 is 15.9 Å². The highest BCUT2D eigenvalue weighted by molar-refractivity contribution is 7.89. The standard InChI is InChI=1S/C23H40N4O3S/c1-19-22(17-24-26(19)2)31(29,30)27-16-12-13-20(18-27)23(28)25-21-14-10-8-6-4-3-5-7-9-11-15-21/h17,20-21H,3-16,18H2,1-2H3,(H,25,28). The van der Waals surface area contributed by atoms with Gasteiger partial charge in [-0.2, -0.15) is 9.40 Å². The third-order valence-corrected chi connectivity index (χ3v) is 8.98. The molecule has 0 radical (unpaired) electrons. The van der Waals surface area contributed by atoms with Crippen LogP contribution in [-0.2, 0) is 21.9 Å². The Bertz CT molecular complexity index is 809. The van der Waals surface area contributed by atoms with E-state index >= 15 is 0 Å². The van der Waals surface area contributed by atoms with Crippen molar-refractivity contribution in [2.75, 3.05) is 13.1 Å². The molecular formula is C23H40N4O3S. The van der Waals surface area contributed by atoms with Crippen LogP contribution in [0, 0.1) is 12.8 Å². The molecule has 2 fully saturated rings. The van der Waals surface area contributed by atoms with Crippen molar-refractivity contribution in [1.82, 2.24) is 19.4 Å². The van der Waals surface area contributed by atoms with E-state index in [1.165, 1.54) is 55.4 Å². The number of sulfonamides is 1. The van der Waals surface area contributed by atoms with Crippen LogP contribution in [0.4, 0.5) is 0 Å². The third kappa shape index (κ3) is 6.54. The second-order valence-electron chi connectivity index (χ2n) is 9.38. The highest BCUT2D eigenvalue weighted by atomic mass is 32.2. The average Bonchev–Trinajstić information content (AvgIpc) is 3.09. The first-order valence-corrected chi connectivity index (χ1v) is 13.6. The monoisotopic (exact) mass is 452 g/mol. The van der Waals surface area contributed by atoms with Gasteiger partial charge in [-0.05, 0) is 32.6 Å². The maximum atomic E-state index is 13.1. The molecular weight excluding hydrogens is 412 g/mol. The average molecular weight is 453 g/mol. The quantitative estimate of drug-likeness (QED) is 0.750. The van der Waals surface area contributed by atoms with Crippen LogP contribution in [0.3, 0.4) is 0 Å². The van der Waals surface area contributed by atoms with E-state index in [0.29, 0.717) is 18.7 Å². The first-order chi connectivity index (χ1) is 14.9. The lowest BCUT2D eigenvalue weighted by atomic mass is 9.95. The van der Waals surface area contributed by atoms with E-state index in [4.69, 9.17) is 0 Å². The van der Waals surface area contributed by atoms with Crippen LogP contribution in [0.1, 0.15) is 89.2 Å². The van der Waals surface area contributed by atoms with Crippen molar-refractivity contribution in [3.8, 4) is 0 Å². The maximum absolute atomic E-state index is 13.1. The highest BCUT2D eigenvalue weighted by Crippen LogP contribution is 2.26. The van der Waals surface area contributed by atoms with Crippen LogP contribution < -0.4 is 5.32 Å². The van der Waals surface area contributed by atoms with Crippen molar-refractivity contribution in [2.45, 2.75) is 101 Å². The zero-order chi connectivity index (χ0) is 22.3. The molecule has 1 aromatic rings. The van der Waals surface area contributed by atoms with Gasteiger partial charge in [0.15, 0.2) is 0 Å². The van der Waals surface area contributed by atoms with Gasteiger partial charge >= 0.3 is 0 Å². The number of nitrogens with zero attached hydrogens (tertiary/aromatic N) is 3. The predicted octanol–water partition coefficient (Wildman–Crippen LogP) is 3.92. The molecule has 3 rings (SSSR count). The molecule has 0 aromatic carbocycles. The molecule has 8 heteroatoms. The fourth-order valence-corrected chi connectivity index (χ4v) is 6.58. The number of hydrogen-bond acceptors (Lipinski definition) is 4. The molecule has 1 saturated heterocycles. The van der Waals surface area contributed by atoms with Crippen LogP contribution in [0.5, 0.6) is 0 Å². The Morgan fingerprint density at radius 2 is 1.55 bits per heavy atom. The number of carbonyl (C=O) groups is 1. The lowest BCUT2D eigenvalue weighted by Gasteiger charge is -2.32. The fourth-order valence-electron chi connectivity index (χ4n) is 4.87. The maximum Gasteiger partial charge on any atom is 0.246 e. The van der Waals surface area contributed by atoms with Crippen molar-refractivity contribution in [1.29, 1.82) is 0 Å². The number of piperidine rings is 1. The Hall–Kier alpha value is -1.41. The zero-order valence-corrected chi connectivity index (χ0v) is 20.1. The number of nitrogens with one attached hydrogen (secondary N) is 1. The summed E-state index contributed by atoms with van der Waals surface area (Å²) >= 11 is 0. The largest absolute Gasteiger partial charge is 0.353 e. The SMILES string of the molecule is Cc1c(S(=O)(=O)N2CCCC(C(=O)NC3CCCCCCCCCCC3)C2)cnn1C. The van der Waals surface area contributed by atoms with Gasteiger partial charge in [-0.1, -0.05) is 57.8 Å². The molecule has 31 heavy (non-hydrogen) atoms. The predicted molar refractivity (Wildman–Crippen MR) is 122 cm³/mol. The first-order valence-electron chi connectivity index (χ1n) is 12.2. The summed E-state index contributed by atoms with van der Waals surface area (Å²) in [5.41, 5.74) is 0.625. The van der Waals surface area contributed by atoms with Crippen molar-refractivity contribution < 1.29 is 13.2 Å². The summed E-state index contributed by atoms with van der Waals surface area (Å²) in [6.07, 6.45) is 16.4. The zero-order valence-electron chi connectivity index (χ0n) is 19.3. The van der Waals surface area contributed by atoms with E-state index in [2.05, 4.69) is 10.4 Å². The number of aryl methyl sites for hydroxylation is 1. The smallest absolute Gasteiger partial charge is 0.246 e. The minimum Gasteiger partial charge on any atom is -0.353 e. The summed E-state index contributed by atoms with van der Waals surface area (Å²) < 4.78 is 29.3. The molecule has 1 saturated carbocycles. The number of amides is 1. The first kappa shape index (κ1) is 24.2. The second kappa shape index (κ2) is 11.5. The van der Waals surface area contributed by atoms with E-state index in [9.17, 15) is 13.2 Å². The van der Waals surface area contributed by atoms with Crippen LogP contribution >= 0.6 is 0 Å². The lowest BCUT2D eigenvalue weighted by molar-refractivity contribution is -0.126. The van der Waals surface area contributed by atoms with Crippen LogP contribution in [0.25, 0.3) is 0 Å². The van der Waals surface area contributed by atoms with Gasteiger partial charge in [0.25, 0.3) is 0 Å². The van der Waals surface area contributed by atoms with E-state index in [-0.39, 0.29) is 29.3 Å². The molecule has 1 aliphatic carbocycles. The number of carbonyl (C=O) groups excluding carboxylic acids is 1. The summed E-state index contributed by atoms with van der Waals surface area (Å²) in [4.78, 5) is 13.3. The second-order valence-corrected chi connectivity index (χ2v) is 11.3. The van der Waals surface area contributed by atoms with Gasteiger partial charge in [0.05, 0.1) is 17.8 Å². The summed E-state index contributed by atoms with van der Waals surface area (Å²) in [7, 11) is -1.89. The minimum atomic E-state index is -3.63. The van der Waals surface area contributed by atoms with Crippen LogP contribution in [-0.4, -0.2) is 47.5 Å². The van der Waals surface area contributed by atoms with Crippen LogP contribution in [0.2, 0.25) is 0 Å². The summed E-state index contributed by atoms with van der Waals surface area (Å²) in [6.45, 7) is 2.48. The van der Waals surface area contributed by atoms with E-state index in [1.807, 2.05) is 0 Å². The molecule has 176 valence electrons. The Kier molecular flexibility index (Phi) is 8.95. The summed E-state index contributed by atoms with van der Waals surface area (Å²) in [5, 5.41) is 7.37. The van der Waals surface area contributed by atoms with Gasteiger partial charge in [0.1, 0.15) is 4.90 Å². The summed E-state index contributed by atoms with van der Waals surface area (Å²) in [6, 6.07) is 0.222. The molecule has 2 heterocycles. The van der Waals surface area contributed by atoms with Crippen molar-refractivity contribution in [2.24, 2.45) is 13.0 Å². The Morgan fingerprint density at radius 1 is 0.968 bits per heavy atom. The summed E-state index contributed by atoms with van der Waals surface area (Å²) in [5.74, 6) is -0.248. The molecule has 1 aromatic heterocycles. The van der Waals surface area contributed by atoms with Crippen LogP contribution in [0.15, 0.2) is 11.1 Å².